The Labute approximate surface area is 83.4 Å². The zero-order valence-corrected chi connectivity index (χ0v) is 9.13. The van der Waals surface area contributed by atoms with Crippen LogP contribution in [0.3, 0.4) is 0 Å². The molecule has 0 aliphatic carbocycles. The lowest BCUT2D eigenvalue weighted by molar-refractivity contribution is 0.474. The third-order valence-corrected chi connectivity index (χ3v) is 2.73. The molecule has 1 aromatic carbocycles. The van der Waals surface area contributed by atoms with Crippen LogP contribution in [0.15, 0.2) is 18.2 Å². The van der Waals surface area contributed by atoms with Gasteiger partial charge in [-0.1, -0.05) is 6.04 Å². The summed E-state index contributed by atoms with van der Waals surface area (Å²) in [6, 6.07) is 6.37. The van der Waals surface area contributed by atoms with Crippen molar-refractivity contribution in [3.8, 4) is 5.75 Å². The highest BCUT2D eigenvalue weighted by Gasteiger charge is 1.98. The Kier molecular flexibility index (Phi) is 3.38. The van der Waals surface area contributed by atoms with E-state index in [2.05, 4.69) is 32.8 Å². The molecule has 0 saturated carbocycles. The maximum atomic E-state index is 9.14. The van der Waals surface area contributed by atoms with Crippen LogP contribution in [0, 0.1) is 3.57 Å². The molecule has 0 fully saturated rings. The summed E-state index contributed by atoms with van der Waals surface area (Å²) in [7, 11) is 3.41. The molecule has 0 bridgehead atoms. The standard InChI is InChI=1S/C8H8IOSi/c9-8-2-1-7(10)5-6(8)3-4-11/h1-2,5,10H,3-4H2. The number of hydrogen-bond acceptors (Lipinski definition) is 1. The zero-order valence-electron chi connectivity index (χ0n) is 5.97. The van der Waals surface area contributed by atoms with Crippen molar-refractivity contribution < 1.29 is 5.11 Å². The Balaban J connectivity index is 2.93. The van der Waals surface area contributed by atoms with Gasteiger partial charge in [0.25, 0.3) is 0 Å². The van der Waals surface area contributed by atoms with Gasteiger partial charge in [0.05, 0.1) is 0 Å². The van der Waals surface area contributed by atoms with Gasteiger partial charge in [0.2, 0.25) is 0 Å². The third kappa shape index (κ3) is 2.48. The summed E-state index contributed by atoms with van der Waals surface area (Å²) in [5, 5.41) is 9.14. The smallest absolute Gasteiger partial charge is 0.115 e. The first-order valence-electron chi connectivity index (χ1n) is 3.36. The highest BCUT2D eigenvalue weighted by molar-refractivity contribution is 14.1. The van der Waals surface area contributed by atoms with Gasteiger partial charge in [-0.2, -0.15) is 0 Å². The Hall–Kier alpha value is -0.0331. The number of phenols is 1. The lowest BCUT2D eigenvalue weighted by atomic mass is 10.2. The SMILES string of the molecule is Oc1ccc(I)c(CC[Si])c1. The van der Waals surface area contributed by atoms with Crippen LogP contribution in [0.5, 0.6) is 5.75 Å². The minimum Gasteiger partial charge on any atom is -0.508 e. The molecule has 1 nitrogen and oxygen atoms in total. The lowest BCUT2D eigenvalue weighted by Crippen LogP contribution is -1.87. The first-order valence-corrected chi connectivity index (χ1v) is 5.14. The molecular formula is C8H8IOSi. The molecule has 57 valence electrons. The first kappa shape index (κ1) is 9.06. The van der Waals surface area contributed by atoms with Gasteiger partial charge in [0.15, 0.2) is 0 Å². The molecule has 1 aromatic rings. The number of rotatable bonds is 2. The summed E-state index contributed by atoms with van der Waals surface area (Å²) in [5.41, 5.74) is 1.20. The molecular weight excluding hydrogens is 267 g/mol. The number of hydrogen-bond donors (Lipinski definition) is 1. The molecule has 0 aromatic heterocycles. The fourth-order valence-corrected chi connectivity index (χ4v) is 1.76. The molecule has 3 heteroatoms. The van der Waals surface area contributed by atoms with E-state index in [9.17, 15) is 0 Å². The van der Waals surface area contributed by atoms with Crippen molar-refractivity contribution in [1.29, 1.82) is 0 Å². The molecule has 0 unspecified atom stereocenters. The second-order valence-corrected chi connectivity index (χ2v) is 3.94. The van der Waals surface area contributed by atoms with Gasteiger partial charge < -0.3 is 5.11 Å². The van der Waals surface area contributed by atoms with Crippen molar-refractivity contribution in [1.82, 2.24) is 0 Å². The van der Waals surface area contributed by atoms with Gasteiger partial charge in [-0.15, -0.1) is 0 Å². The van der Waals surface area contributed by atoms with Crippen molar-refractivity contribution in [2.24, 2.45) is 0 Å². The molecule has 11 heavy (non-hydrogen) atoms. The molecule has 1 rings (SSSR count). The van der Waals surface area contributed by atoms with E-state index < -0.39 is 0 Å². The second kappa shape index (κ2) is 4.11. The van der Waals surface area contributed by atoms with E-state index in [4.69, 9.17) is 5.11 Å². The lowest BCUT2D eigenvalue weighted by Gasteiger charge is -2.02. The molecule has 3 radical (unpaired) electrons. The first-order chi connectivity index (χ1) is 5.24. The normalized spacial score (nSPS) is 10.0. The second-order valence-electron chi connectivity index (χ2n) is 2.28. The minimum absolute atomic E-state index is 0.348. The predicted octanol–water partition coefficient (Wildman–Crippen LogP) is 2.13. The molecule has 1 N–H and O–H groups in total. The van der Waals surface area contributed by atoms with Crippen molar-refractivity contribution >= 4 is 32.8 Å². The number of aryl methyl sites for hydroxylation is 1. The van der Waals surface area contributed by atoms with E-state index in [1.165, 1.54) is 9.13 Å². The molecule has 0 aliphatic rings. The summed E-state index contributed by atoms with van der Waals surface area (Å²) >= 11 is 2.27. The summed E-state index contributed by atoms with van der Waals surface area (Å²) in [6.45, 7) is 0. The van der Waals surface area contributed by atoms with Gasteiger partial charge in [-0.05, 0) is 52.8 Å². The van der Waals surface area contributed by atoms with E-state index in [0.717, 1.165) is 12.5 Å². The summed E-state index contributed by atoms with van der Waals surface area (Å²) in [4.78, 5) is 0. The van der Waals surface area contributed by atoms with Crippen LogP contribution >= 0.6 is 22.6 Å². The summed E-state index contributed by atoms with van der Waals surface area (Å²) in [6.07, 6.45) is 0.962. The number of phenolic OH excluding ortho intramolecular Hbond substituents is 1. The Bertz CT molecular complexity index is 250. The van der Waals surface area contributed by atoms with Gasteiger partial charge in [0, 0.05) is 13.8 Å². The van der Waals surface area contributed by atoms with Crippen LogP contribution in [0.1, 0.15) is 5.56 Å². The van der Waals surface area contributed by atoms with E-state index in [-0.39, 0.29) is 0 Å². The fourth-order valence-electron chi connectivity index (χ4n) is 0.887. The summed E-state index contributed by atoms with van der Waals surface area (Å²) < 4.78 is 1.21. The van der Waals surface area contributed by atoms with E-state index in [1.807, 2.05) is 12.1 Å². The van der Waals surface area contributed by atoms with Gasteiger partial charge in [0.1, 0.15) is 5.75 Å². The molecule has 0 spiro atoms. The van der Waals surface area contributed by atoms with E-state index in [0.29, 0.717) is 5.75 Å². The molecule has 0 heterocycles. The Morgan fingerprint density at radius 1 is 1.45 bits per heavy atom. The molecule has 0 saturated heterocycles. The Morgan fingerprint density at radius 3 is 2.82 bits per heavy atom. The highest BCUT2D eigenvalue weighted by atomic mass is 127. The minimum atomic E-state index is 0.348. The van der Waals surface area contributed by atoms with Crippen LogP contribution in [-0.4, -0.2) is 15.3 Å². The number of aromatic hydroxyl groups is 1. The van der Waals surface area contributed by atoms with Crippen molar-refractivity contribution in [2.75, 3.05) is 0 Å². The van der Waals surface area contributed by atoms with Gasteiger partial charge in [-0.25, -0.2) is 0 Å². The monoisotopic (exact) mass is 275 g/mol. The number of halogens is 1. The van der Waals surface area contributed by atoms with Gasteiger partial charge in [-0.3, -0.25) is 0 Å². The van der Waals surface area contributed by atoms with Crippen molar-refractivity contribution in [3.05, 3.63) is 27.3 Å². The molecule has 0 amide bonds. The summed E-state index contributed by atoms with van der Waals surface area (Å²) in [5.74, 6) is 0.348. The average molecular weight is 275 g/mol. The highest BCUT2D eigenvalue weighted by Crippen LogP contribution is 2.19. The topological polar surface area (TPSA) is 20.2 Å². The van der Waals surface area contributed by atoms with E-state index in [1.54, 1.807) is 6.07 Å². The zero-order chi connectivity index (χ0) is 8.27. The van der Waals surface area contributed by atoms with Crippen molar-refractivity contribution in [2.45, 2.75) is 12.5 Å². The predicted molar refractivity (Wildman–Crippen MR) is 55.1 cm³/mol. The van der Waals surface area contributed by atoms with Crippen LogP contribution in [0.4, 0.5) is 0 Å². The fraction of sp³-hybridized carbons (Fsp3) is 0.250. The number of benzene rings is 1. The van der Waals surface area contributed by atoms with Crippen molar-refractivity contribution in [3.63, 3.8) is 0 Å². The van der Waals surface area contributed by atoms with Gasteiger partial charge >= 0.3 is 0 Å². The Morgan fingerprint density at radius 2 is 2.18 bits per heavy atom. The quantitative estimate of drug-likeness (QED) is 0.647. The largest absolute Gasteiger partial charge is 0.508 e. The van der Waals surface area contributed by atoms with Crippen LogP contribution < -0.4 is 0 Å². The molecule has 0 aliphatic heterocycles. The maximum Gasteiger partial charge on any atom is 0.115 e. The van der Waals surface area contributed by atoms with Crippen LogP contribution in [-0.2, 0) is 6.42 Å². The molecule has 0 atom stereocenters. The third-order valence-electron chi connectivity index (χ3n) is 1.42. The van der Waals surface area contributed by atoms with E-state index >= 15 is 0 Å². The maximum absolute atomic E-state index is 9.14. The average Bonchev–Trinajstić information content (AvgIpc) is 1.98. The van der Waals surface area contributed by atoms with Crippen LogP contribution in [0.2, 0.25) is 6.04 Å². The van der Waals surface area contributed by atoms with Crippen LogP contribution in [0.25, 0.3) is 0 Å².